The van der Waals surface area contributed by atoms with Crippen molar-refractivity contribution in [2.24, 2.45) is 0 Å². The second-order valence-electron chi connectivity index (χ2n) is 4.04. The van der Waals surface area contributed by atoms with Crippen LogP contribution in [0.1, 0.15) is 19.5 Å². The molecule has 0 saturated heterocycles. The van der Waals surface area contributed by atoms with Crippen LogP contribution in [0, 0.1) is 0 Å². The van der Waals surface area contributed by atoms with E-state index in [1.807, 2.05) is 23.7 Å². The van der Waals surface area contributed by atoms with E-state index in [2.05, 4.69) is 45.1 Å². The maximum atomic E-state index is 4.54. The Morgan fingerprint density at radius 1 is 1.47 bits per heavy atom. The van der Waals surface area contributed by atoms with E-state index in [0.29, 0.717) is 6.04 Å². The van der Waals surface area contributed by atoms with Gasteiger partial charge in [0.1, 0.15) is 0 Å². The lowest BCUT2D eigenvalue weighted by molar-refractivity contribution is 0.581. The highest BCUT2D eigenvalue weighted by molar-refractivity contribution is 9.10. The summed E-state index contributed by atoms with van der Waals surface area (Å²) in [6.07, 6.45) is 1.81. The molecule has 0 aliphatic heterocycles. The number of nitrogens with zero attached hydrogens (tertiary/aromatic N) is 2. The predicted molar refractivity (Wildman–Crippen MR) is 75.0 cm³/mol. The van der Waals surface area contributed by atoms with Crippen molar-refractivity contribution >= 4 is 27.3 Å². The Morgan fingerprint density at radius 3 is 2.94 bits per heavy atom. The molecule has 0 radical (unpaired) electrons. The molecule has 0 bridgehead atoms. The number of rotatable bonds is 4. The molecule has 0 aliphatic carbocycles. The molecule has 0 aliphatic rings. The molecule has 0 spiro atoms. The van der Waals surface area contributed by atoms with Crippen molar-refractivity contribution < 1.29 is 0 Å². The second-order valence-corrected chi connectivity index (χ2v) is 5.86. The van der Waals surface area contributed by atoms with Crippen LogP contribution in [0.2, 0.25) is 0 Å². The van der Waals surface area contributed by atoms with Crippen LogP contribution < -0.4 is 5.32 Å². The fourth-order valence-electron chi connectivity index (χ4n) is 1.35. The van der Waals surface area contributed by atoms with E-state index in [1.54, 1.807) is 11.3 Å². The summed E-state index contributed by atoms with van der Waals surface area (Å²) in [7, 11) is 0. The van der Waals surface area contributed by atoms with Gasteiger partial charge in [-0.1, -0.05) is 13.8 Å². The summed E-state index contributed by atoms with van der Waals surface area (Å²) >= 11 is 5.08. The Balaban J connectivity index is 2.16. The van der Waals surface area contributed by atoms with E-state index < -0.39 is 0 Å². The van der Waals surface area contributed by atoms with Crippen molar-refractivity contribution in [2.75, 3.05) is 0 Å². The summed E-state index contributed by atoms with van der Waals surface area (Å²) in [4.78, 5) is 9.93. The Labute approximate surface area is 113 Å². The van der Waals surface area contributed by atoms with Gasteiger partial charge in [0.05, 0.1) is 10.6 Å². The van der Waals surface area contributed by atoms with Gasteiger partial charge in [-0.25, -0.2) is 9.97 Å². The molecule has 5 heteroatoms. The summed E-state index contributed by atoms with van der Waals surface area (Å²) in [5.41, 5.74) is 1.02. The molecule has 3 nitrogen and oxygen atoms in total. The Bertz CT molecular complexity index is 496. The number of thiophene rings is 1. The van der Waals surface area contributed by atoms with E-state index in [1.165, 1.54) is 0 Å². The molecule has 0 fully saturated rings. The third-order valence-corrected chi connectivity index (χ3v) is 3.88. The van der Waals surface area contributed by atoms with Crippen LogP contribution in [0.4, 0.5) is 0 Å². The van der Waals surface area contributed by atoms with E-state index in [0.717, 1.165) is 27.4 Å². The molecule has 1 N–H and O–H groups in total. The van der Waals surface area contributed by atoms with E-state index in [-0.39, 0.29) is 0 Å². The van der Waals surface area contributed by atoms with Crippen LogP contribution in [0.3, 0.4) is 0 Å². The summed E-state index contributed by atoms with van der Waals surface area (Å²) < 4.78 is 1.08. The van der Waals surface area contributed by atoms with Crippen molar-refractivity contribution in [1.82, 2.24) is 15.3 Å². The fraction of sp³-hybridized carbons (Fsp3) is 0.333. The maximum absolute atomic E-state index is 4.54. The number of aromatic nitrogens is 2. The van der Waals surface area contributed by atoms with E-state index in [4.69, 9.17) is 0 Å². The average molecular weight is 312 g/mol. The number of hydrogen-bond acceptors (Lipinski definition) is 4. The lowest BCUT2D eigenvalue weighted by Gasteiger charge is -2.07. The average Bonchev–Trinajstić information content (AvgIpc) is 2.74. The molecule has 0 saturated carbocycles. The van der Waals surface area contributed by atoms with Gasteiger partial charge in [0, 0.05) is 28.6 Å². The fourth-order valence-corrected chi connectivity index (χ4v) is 2.72. The molecule has 2 heterocycles. The van der Waals surface area contributed by atoms with Crippen LogP contribution >= 0.6 is 27.3 Å². The highest BCUT2D eigenvalue weighted by Crippen LogP contribution is 2.27. The van der Waals surface area contributed by atoms with Gasteiger partial charge < -0.3 is 5.32 Å². The molecular weight excluding hydrogens is 298 g/mol. The maximum Gasteiger partial charge on any atom is 0.169 e. The molecule has 2 aromatic heterocycles. The minimum atomic E-state index is 0.462. The van der Waals surface area contributed by atoms with Gasteiger partial charge >= 0.3 is 0 Å². The van der Waals surface area contributed by atoms with Crippen molar-refractivity contribution in [3.63, 3.8) is 0 Å². The Morgan fingerprint density at radius 2 is 2.29 bits per heavy atom. The molecule has 17 heavy (non-hydrogen) atoms. The minimum absolute atomic E-state index is 0.462. The number of nitrogens with one attached hydrogen (secondary N) is 1. The highest BCUT2D eigenvalue weighted by Gasteiger charge is 2.05. The molecule has 2 rings (SSSR count). The van der Waals surface area contributed by atoms with Crippen molar-refractivity contribution in [2.45, 2.75) is 26.4 Å². The third-order valence-electron chi connectivity index (χ3n) is 2.19. The van der Waals surface area contributed by atoms with Gasteiger partial charge in [-0.05, 0) is 28.1 Å². The first-order valence-corrected chi connectivity index (χ1v) is 7.12. The van der Waals surface area contributed by atoms with Crippen LogP contribution in [0.5, 0.6) is 0 Å². The van der Waals surface area contributed by atoms with Crippen LogP contribution in [0.25, 0.3) is 10.7 Å². The summed E-state index contributed by atoms with van der Waals surface area (Å²) in [6.45, 7) is 5.02. The zero-order valence-corrected chi connectivity index (χ0v) is 12.2. The quantitative estimate of drug-likeness (QED) is 0.939. The molecule has 0 atom stereocenters. The standard InChI is InChI=1S/C12H14BrN3S/c1-8(2)15-6-10-3-4-14-12(16-10)11-5-9(13)7-17-11/h3-5,7-8,15H,6H2,1-2H3. The molecular formula is C12H14BrN3S. The lowest BCUT2D eigenvalue weighted by Crippen LogP contribution is -2.22. The van der Waals surface area contributed by atoms with Gasteiger partial charge in [0.2, 0.25) is 0 Å². The smallest absolute Gasteiger partial charge is 0.169 e. The van der Waals surface area contributed by atoms with Crippen molar-refractivity contribution in [1.29, 1.82) is 0 Å². The van der Waals surface area contributed by atoms with Gasteiger partial charge in [-0.2, -0.15) is 0 Å². The summed E-state index contributed by atoms with van der Waals surface area (Å²) in [5.74, 6) is 0.795. The minimum Gasteiger partial charge on any atom is -0.309 e. The van der Waals surface area contributed by atoms with Gasteiger partial charge in [0.25, 0.3) is 0 Å². The summed E-state index contributed by atoms with van der Waals surface area (Å²) in [5, 5.41) is 5.39. The van der Waals surface area contributed by atoms with Crippen molar-refractivity contribution in [3.05, 3.63) is 33.9 Å². The first kappa shape index (κ1) is 12.7. The van der Waals surface area contributed by atoms with Crippen molar-refractivity contribution in [3.8, 4) is 10.7 Å². The normalized spacial score (nSPS) is 11.1. The SMILES string of the molecule is CC(C)NCc1ccnc(-c2cc(Br)cs2)n1. The second kappa shape index (κ2) is 5.71. The molecule has 90 valence electrons. The topological polar surface area (TPSA) is 37.8 Å². The molecule has 0 unspecified atom stereocenters. The van der Waals surface area contributed by atoms with Gasteiger partial charge in [0.15, 0.2) is 5.82 Å². The first-order valence-electron chi connectivity index (χ1n) is 5.45. The third kappa shape index (κ3) is 3.59. The Kier molecular flexibility index (Phi) is 4.25. The summed E-state index contributed by atoms with van der Waals surface area (Å²) in [6, 6.07) is 4.45. The van der Waals surface area contributed by atoms with Gasteiger partial charge in [-0.15, -0.1) is 11.3 Å². The molecule has 0 aromatic carbocycles. The lowest BCUT2D eigenvalue weighted by atomic mass is 10.3. The predicted octanol–water partition coefficient (Wildman–Crippen LogP) is 3.47. The van der Waals surface area contributed by atoms with Crippen LogP contribution in [-0.2, 0) is 6.54 Å². The monoisotopic (exact) mass is 311 g/mol. The Hall–Kier alpha value is -0.780. The highest BCUT2D eigenvalue weighted by atomic mass is 79.9. The first-order chi connectivity index (χ1) is 8.15. The van der Waals surface area contributed by atoms with Gasteiger partial charge in [-0.3, -0.25) is 0 Å². The molecule has 2 aromatic rings. The van der Waals surface area contributed by atoms with E-state index >= 15 is 0 Å². The zero-order chi connectivity index (χ0) is 12.3. The molecule has 0 amide bonds. The largest absolute Gasteiger partial charge is 0.309 e. The van der Waals surface area contributed by atoms with E-state index in [9.17, 15) is 0 Å². The zero-order valence-electron chi connectivity index (χ0n) is 9.77. The number of halogens is 1. The number of hydrogen-bond donors (Lipinski definition) is 1. The van der Waals surface area contributed by atoms with Crippen LogP contribution in [0.15, 0.2) is 28.2 Å². The van der Waals surface area contributed by atoms with Crippen LogP contribution in [-0.4, -0.2) is 16.0 Å².